The Balaban J connectivity index is 1.49. The number of aromatic amines is 1. The molecule has 2 aromatic heterocycles. The van der Waals surface area contributed by atoms with E-state index in [2.05, 4.69) is 15.2 Å². The third kappa shape index (κ3) is 3.95. The molecular formula is C14H11Cl2N3OS2. The maximum absolute atomic E-state index is 6.04. The summed E-state index contributed by atoms with van der Waals surface area (Å²) < 4.78 is 5.62. The predicted octanol–water partition coefficient (Wildman–Crippen LogP) is 5.01. The van der Waals surface area contributed by atoms with E-state index in [9.17, 15) is 0 Å². The molecule has 0 fully saturated rings. The molecule has 3 aromatic rings. The number of ether oxygens (including phenoxy) is 1. The smallest absolute Gasteiger partial charge is 0.208 e. The number of thioether (sulfide) groups is 1. The predicted molar refractivity (Wildman–Crippen MR) is 92.4 cm³/mol. The van der Waals surface area contributed by atoms with Crippen LogP contribution in [0.5, 0.6) is 5.75 Å². The summed E-state index contributed by atoms with van der Waals surface area (Å²) in [5.74, 6) is 2.14. The van der Waals surface area contributed by atoms with E-state index in [1.165, 1.54) is 11.8 Å². The zero-order valence-corrected chi connectivity index (χ0v) is 14.4. The number of hydrogen-bond acceptors (Lipinski definition) is 5. The highest BCUT2D eigenvalue weighted by Crippen LogP contribution is 2.28. The van der Waals surface area contributed by atoms with Gasteiger partial charge in [-0.25, -0.2) is 4.98 Å². The van der Waals surface area contributed by atoms with Crippen LogP contribution >= 0.6 is 46.3 Å². The highest BCUT2D eigenvalue weighted by atomic mass is 35.5. The fourth-order valence-corrected chi connectivity index (χ4v) is 3.45. The number of H-pyrrole nitrogens is 1. The monoisotopic (exact) mass is 371 g/mol. The highest BCUT2D eigenvalue weighted by molar-refractivity contribution is 7.99. The number of nitrogens with one attached hydrogen (secondary N) is 1. The molecule has 0 saturated heterocycles. The summed E-state index contributed by atoms with van der Waals surface area (Å²) >= 11 is 15.0. The summed E-state index contributed by atoms with van der Waals surface area (Å²) in [7, 11) is 0. The van der Waals surface area contributed by atoms with Crippen LogP contribution in [-0.2, 0) is 0 Å². The second-order valence-electron chi connectivity index (χ2n) is 4.22. The number of hydrogen-bond donors (Lipinski definition) is 1. The third-order valence-electron chi connectivity index (χ3n) is 2.69. The zero-order valence-electron chi connectivity index (χ0n) is 11.3. The Morgan fingerprint density at radius 2 is 2.18 bits per heavy atom. The van der Waals surface area contributed by atoms with Crippen molar-refractivity contribution in [2.24, 2.45) is 0 Å². The Kier molecular flexibility index (Phi) is 5.25. The largest absolute Gasteiger partial charge is 0.491 e. The quantitative estimate of drug-likeness (QED) is 0.488. The van der Waals surface area contributed by atoms with Crippen molar-refractivity contribution in [1.29, 1.82) is 0 Å². The van der Waals surface area contributed by atoms with Crippen molar-refractivity contribution in [2.75, 3.05) is 12.4 Å². The number of thiophene rings is 1. The highest BCUT2D eigenvalue weighted by Gasteiger charge is 2.07. The molecule has 0 spiro atoms. The number of nitrogens with zero attached hydrogens (tertiary/aromatic N) is 2. The first-order chi connectivity index (χ1) is 10.7. The van der Waals surface area contributed by atoms with Gasteiger partial charge in [-0.15, -0.1) is 16.4 Å². The minimum absolute atomic E-state index is 0.509. The minimum Gasteiger partial charge on any atom is -0.491 e. The molecule has 0 bridgehead atoms. The lowest BCUT2D eigenvalue weighted by Gasteiger charge is -2.07. The van der Waals surface area contributed by atoms with Gasteiger partial charge in [0.15, 0.2) is 5.82 Å². The molecule has 8 heteroatoms. The molecule has 0 radical (unpaired) electrons. The molecule has 1 N–H and O–H groups in total. The lowest BCUT2D eigenvalue weighted by Crippen LogP contribution is -2.00. The molecule has 0 amide bonds. The maximum atomic E-state index is 6.04. The minimum atomic E-state index is 0.509. The van der Waals surface area contributed by atoms with Gasteiger partial charge < -0.3 is 4.74 Å². The van der Waals surface area contributed by atoms with E-state index in [4.69, 9.17) is 27.9 Å². The van der Waals surface area contributed by atoms with E-state index in [-0.39, 0.29) is 0 Å². The van der Waals surface area contributed by atoms with Gasteiger partial charge >= 0.3 is 0 Å². The number of benzene rings is 1. The first-order valence-electron chi connectivity index (χ1n) is 6.39. The Labute approximate surface area is 145 Å². The second-order valence-corrected chi connectivity index (χ2v) is 7.07. The molecule has 0 aliphatic carbocycles. The van der Waals surface area contributed by atoms with Crippen molar-refractivity contribution < 1.29 is 4.74 Å². The summed E-state index contributed by atoms with van der Waals surface area (Å²) in [5.41, 5.74) is 0. The zero-order chi connectivity index (χ0) is 15.4. The van der Waals surface area contributed by atoms with Crippen molar-refractivity contribution in [3.05, 3.63) is 45.8 Å². The lowest BCUT2D eigenvalue weighted by molar-refractivity contribution is 0.344. The van der Waals surface area contributed by atoms with Crippen LogP contribution in [0.15, 0.2) is 40.9 Å². The number of halogens is 2. The van der Waals surface area contributed by atoms with Gasteiger partial charge in [0.2, 0.25) is 5.16 Å². The molecule has 1 aromatic carbocycles. The van der Waals surface area contributed by atoms with E-state index >= 15 is 0 Å². The fraction of sp³-hybridized carbons (Fsp3) is 0.143. The van der Waals surface area contributed by atoms with Crippen molar-refractivity contribution >= 4 is 46.3 Å². The molecule has 0 aliphatic heterocycles. The third-order valence-corrected chi connectivity index (χ3v) is 4.90. The van der Waals surface area contributed by atoms with Crippen molar-refractivity contribution in [3.63, 3.8) is 0 Å². The summed E-state index contributed by atoms with van der Waals surface area (Å²) in [5, 5.41) is 10.9. The Morgan fingerprint density at radius 3 is 2.95 bits per heavy atom. The van der Waals surface area contributed by atoms with Gasteiger partial charge in [0.1, 0.15) is 5.75 Å². The van der Waals surface area contributed by atoms with Crippen LogP contribution in [-0.4, -0.2) is 27.5 Å². The molecule has 0 atom stereocenters. The standard InChI is InChI=1S/C14H11Cl2N3OS2/c15-9-3-4-11(10(16)8-9)20-5-7-22-14-17-13(18-19-14)12-2-1-6-21-12/h1-4,6,8H,5,7H2,(H,17,18,19). The van der Waals surface area contributed by atoms with Crippen LogP contribution in [0.25, 0.3) is 10.7 Å². The lowest BCUT2D eigenvalue weighted by atomic mass is 10.3. The molecule has 2 heterocycles. The van der Waals surface area contributed by atoms with Gasteiger partial charge in [0, 0.05) is 10.8 Å². The van der Waals surface area contributed by atoms with Gasteiger partial charge in [0.25, 0.3) is 0 Å². The second kappa shape index (κ2) is 7.37. The van der Waals surface area contributed by atoms with Crippen LogP contribution in [0.2, 0.25) is 10.0 Å². The number of aromatic nitrogens is 3. The number of rotatable bonds is 6. The maximum Gasteiger partial charge on any atom is 0.208 e. The molecule has 22 heavy (non-hydrogen) atoms. The van der Waals surface area contributed by atoms with Crippen LogP contribution in [0, 0.1) is 0 Å². The average Bonchev–Trinajstić information content (AvgIpc) is 3.16. The van der Waals surface area contributed by atoms with Gasteiger partial charge in [-0.3, -0.25) is 5.10 Å². The molecule has 0 unspecified atom stereocenters. The molecule has 0 saturated carbocycles. The topological polar surface area (TPSA) is 50.8 Å². The molecule has 114 valence electrons. The summed E-state index contributed by atoms with van der Waals surface area (Å²) in [6.07, 6.45) is 0. The Morgan fingerprint density at radius 1 is 1.27 bits per heavy atom. The van der Waals surface area contributed by atoms with Gasteiger partial charge in [-0.05, 0) is 29.6 Å². The SMILES string of the molecule is Clc1ccc(OCCSc2n[nH]c(-c3cccs3)n2)c(Cl)c1. The molecule has 3 rings (SSSR count). The van der Waals surface area contributed by atoms with Crippen LogP contribution in [0.1, 0.15) is 0 Å². The first-order valence-corrected chi connectivity index (χ1v) is 9.01. The van der Waals surface area contributed by atoms with E-state index in [0.717, 1.165) is 16.5 Å². The van der Waals surface area contributed by atoms with E-state index in [1.807, 2.05) is 17.5 Å². The van der Waals surface area contributed by atoms with Crippen molar-refractivity contribution in [3.8, 4) is 16.5 Å². The van der Waals surface area contributed by atoms with Crippen molar-refractivity contribution in [2.45, 2.75) is 5.16 Å². The van der Waals surface area contributed by atoms with Gasteiger partial charge in [-0.1, -0.05) is 41.0 Å². The van der Waals surface area contributed by atoms with E-state index in [0.29, 0.717) is 27.6 Å². The van der Waals surface area contributed by atoms with E-state index in [1.54, 1.807) is 29.5 Å². The Bertz CT molecular complexity index is 746. The van der Waals surface area contributed by atoms with E-state index < -0.39 is 0 Å². The summed E-state index contributed by atoms with van der Waals surface area (Å²) in [6, 6.07) is 9.16. The Hall–Kier alpha value is -1.21. The fourth-order valence-electron chi connectivity index (χ4n) is 1.71. The van der Waals surface area contributed by atoms with Gasteiger partial charge in [0.05, 0.1) is 16.5 Å². The van der Waals surface area contributed by atoms with Crippen LogP contribution in [0.4, 0.5) is 0 Å². The average molecular weight is 372 g/mol. The van der Waals surface area contributed by atoms with Crippen molar-refractivity contribution in [1.82, 2.24) is 15.2 Å². The normalized spacial score (nSPS) is 10.8. The molecule has 4 nitrogen and oxygen atoms in total. The van der Waals surface area contributed by atoms with Crippen LogP contribution < -0.4 is 4.74 Å². The summed E-state index contributed by atoms with van der Waals surface area (Å²) in [6.45, 7) is 0.509. The van der Waals surface area contributed by atoms with Crippen LogP contribution in [0.3, 0.4) is 0 Å². The van der Waals surface area contributed by atoms with Gasteiger partial charge in [-0.2, -0.15) is 0 Å². The molecular weight excluding hydrogens is 361 g/mol. The summed E-state index contributed by atoms with van der Waals surface area (Å²) in [4.78, 5) is 5.51. The molecule has 0 aliphatic rings. The first kappa shape index (κ1) is 15.7.